The van der Waals surface area contributed by atoms with Gasteiger partial charge in [-0.05, 0) is 0 Å². The molecule has 8 nitrogen and oxygen atoms in total. The van der Waals surface area contributed by atoms with Gasteiger partial charge in [0, 0.05) is 6.42 Å². The Balaban J connectivity index is 2.50. The molecular weight excluding hydrogens is 230 g/mol. The monoisotopic (exact) mass is 243 g/mol. The predicted molar refractivity (Wildman–Crippen MR) is 54.0 cm³/mol. The van der Waals surface area contributed by atoms with Crippen LogP contribution in [0.25, 0.3) is 0 Å². The zero-order chi connectivity index (χ0) is 12.8. The summed E-state index contributed by atoms with van der Waals surface area (Å²) in [5, 5.41) is 15.7. The molecule has 1 aromatic heterocycles. The van der Waals surface area contributed by atoms with Gasteiger partial charge in [0.05, 0.1) is 24.9 Å². The fourth-order valence-corrected chi connectivity index (χ4v) is 1.21. The molecule has 0 aliphatic heterocycles. The molecule has 0 radical (unpaired) electrons. The highest BCUT2D eigenvalue weighted by molar-refractivity contribution is 5.72. The molecule has 1 aromatic rings. The van der Waals surface area contributed by atoms with Crippen molar-refractivity contribution in [3.63, 3.8) is 0 Å². The van der Waals surface area contributed by atoms with Gasteiger partial charge in [0.25, 0.3) is 0 Å². The van der Waals surface area contributed by atoms with Gasteiger partial charge < -0.3 is 14.6 Å². The van der Waals surface area contributed by atoms with Crippen LogP contribution in [0.3, 0.4) is 0 Å². The number of ether oxygens (including phenoxy) is 2. The second kappa shape index (κ2) is 5.83. The first-order valence-corrected chi connectivity index (χ1v) is 4.85. The fraction of sp³-hybridized carbons (Fsp3) is 0.556. The quantitative estimate of drug-likeness (QED) is 0.740. The third kappa shape index (κ3) is 4.09. The van der Waals surface area contributed by atoms with Crippen LogP contribution >= 0.6 is 0 Å². The lowest BCUT2D eigenvalue weighted by Crippen LogP contribution is -2.15. The smallest absolute Gasteiger partial charge is 0.469 e. The molecule has 0 bridgehead atoms. The molecule has 1 unspecified atom stereocenters. The molecule has 94 valence electrons. The van der Waals surface area contributed by atoms with Gasteiger partial charge >= 0.3 is 12.1 Å². The Morgan fingerprint density at radius 3 is 2.88 bits per heavy atom. The van der Waals surface area contributed by atoms with Crippen LogP contribution in [0, 0.1) is 5.92 Å². The molecule has 1 heterocycles. The van der Waals surface area contributed by atoms with E-state index in [2.05, 4.69) is 19.8 Å². The van der Waals surface area contributed by atoms with Crippen LogP contribution in [-0.2, 0) is 27.4 Å². The maximum absolute atomic E-state index is 11.2. The summed E-state index contributed by atoms with van der Waals surface area (Å²) >= 11 is 0. The molecule has 0 saturated carbocycles. The SMILES string of the molecule is COC(=O)C(C)Cc1cn(COC(=O)O)nn1. The van der Waals surface area contributed by atoms with Crippen molar-refractivity contribution < 1.29 is 24.2 Å². The van der Waals surface area contributed by atoms with Crippen LogP contribution in [0.2, 0.25) is 0 Å². The lowest BCUT2D eigenvalue weighted by Gasteiger charge is -2.05. The van der Waals surface area contributed by atoms with Gasteiger partial charge in [0.15, 0.2) is 6.73 Å². The Bertz CT molecular complexity index is 403. The zero-order valence-corrected chi connectivity index (χ0v) is 9.49. The van der Waals surface area contributed by atoms with E-state index in [1.54, 1.807) is 6.92 Å². The van der Waals surface area contributed by atoms with Crippen LogP contribution < -0.4 is 0 Å². The molecule has 0 aliphatic rings. The van der Waals surface area contributed by atoms with E-state index in [0.29, 0.717) is 12.1 Å². The number of hydrogen-bond acceptors (Lipinski definition) is 6. The van der Waals surface area contributed by atoms with Gasteiger partial charge in [-0.1, -0.05) is 12.1 Å². The maximum atomic E-state index is 11.2. The topological polar surface area (TPSA) is 104 Å². The van der Waals surface area contributed by atoms with Gasteiger partial charge in [0.2, 0.25) is 0 Å². The van der Waals surface area contributed by atoms with Crippen molar-refractivity contribution in [2.45, 2.75) is 20.1 Å². The average molecular weight is 243 g/mol. The van der Waals surface area contributed by atoms with Crippen LogP contribution in [0.15, 0.2) is 6.20 Å². The zero-order valence-electron chi connectivity index (χ0n) is 9.49. The van der Waals surface area contributed by atoms with Crippen molar-refractivity contribution in [3.05, 3.63) is 11.9 Å². The molecule has 0 aliphatic carbocycles. The van der Waals surface area contributed by atoms with Crippen molar-refractivity contribution >= 4 is 12.1 Å². The maximum Gasteiger partial charge on any atom is 0.507 e. The first-order chi connectivity index (χ1) is 8.02. The van der Waals surface area contributed by atoms with Crippen molar-refractivity contribution in [3.8, 4) is 0 Å². The minimum absolute atomic E-state index is 0.227. The number of methoxy groups -OCH3 is 1. The summed E-state index contributed by atoms with van der Waals surface area (Å²) < 4.78 is 10.1. The summed E-state index contributed by atoms with van der Waals surface area (Å²) in [5.41, 5.74) is 0.567. The summed E-state index contributed by atoms with van der Waals surface area (Å²) in [6, 6.07) is 0. The summed E-state index contributed by atoms with van der Waals surface area (Å²) in [7, 11) is 1.32. The fourth-order valence-electron chi connectivity index (χ4n) is 1.21. The van der Waals surface area contributed by atoms with Gasteiger partial charge in [-0.3, -0.25) is 4.79 Å². The van der Waals surface area contributed by atoms with Crippen molar-refractivity contribution in [2.24, 2.45) is 5.92 Å². The van der Waals surface area contributed by atoms with E-state index in [0.717, 1.165) is 0 Å². The minimum Gasteiger partial charge on any atom is -0.469 e. The van der Waals surface area contributed by atoms with Crippen LogP contribution in [-0.4, -0.2) is 39.3 Å². The standard InChI is InChI=1S/C9H13N3O5/c1-6(8(13)16-2)3-7-4-12(11-10-7)5-17-9(14)15/h4,6H,3,5H2,1-2H3,(H,14,15). The molecule has 0 spiro atoms. The minimum atomic E-state index is -1.38. The first-order valence-electron chi connectivity index (χ1n) is 4.85. The number of carbonyl (C=O) groups excluding carboxylic acids is 1. The van der Waals surface area contributed by atoms with Crippen molar-refractivity contribution in [1.82, 2.24) is 15.0 Å². The molecule has 1 N–H and O–H groups in total. The summed E-state index contributed by atoms with van der Waals surface area (Å²) in [6.07, 6.45) is 0.507. The van der Waals surface area contributed by atoms with E-state index in [4.69, 9.17) is 5.11 Å². The molecule has 0 aromatic carbocycles. The van der Waals surface area contributed by atoms with E-state index in [1.807, 2.05) is 0 Å². The Labute approximate surface area is 97.1 Å². The number of hydrogen-bond donors (Lipinski definition) is 1. The Hall–Kier alpha value is -2.12. The summed E-state index contributed by atoms with van der Waals surface area (Å²) in [5.74, 6) is -0.660. The van der Waals surface area contributed by atoms with Crippen LogP contribution in [0.5, 0.6) is 0 Å². The highest BCUT2D eigenvalue weighted by Gasteiger charge is 2.15. The third-order valence-corrected chi connectivity index (χ3v) is 2.03. The lowest BCUT2D eigenvalue weighted by molar-refractivity contribution is -0.144. The molecule has 0 amide bonds. The van der Waals surface area contributed by atoms with Gasteiger partial charge in [-0.2, -0.15) is 0 Å². The number of carboxylic acid groups (broad SMARTS) is 1. The number of esters is 1. The van der Waals surface area contributed by atoms with Crippen molar-refractivity contribution in [2.75, 3.05) is 7.11 Å². The van der Waals surface area contributed by atoms with Crippen molar-refractivity contribution in [1.29, 1.82) is 0 Å². The molecular formula is C9H13N3O5. The van der Waals surface area contributed by atoms with Gasteiger partial charge in [-0.25, -0.2) is 9.48 Å². The van der Waals surface area contributed by atoms with Crippen LogP contribution in [0.1, 0.15) is 12.6 Å². The second-order valence-corrected chi connectivity index (χ2v) is 3.42. The predicted octanol–water partition coefficient (Wildman–Crippen LogP) is 0.282. The molecule has 17 heavy (non-hydrogen) atoms. The van der Waals surface area contributed by atoms with E-state index >= 15 is 0 Å². The number of nitrogens with zero attached hydrogens (tertiary/aromatic N) is 3. The average Bonchev–Trinajstić information content (AvgIpc) is 2.73. The number of rotatable bonds is 5. The molecule has 8 heteroatoms. The Morgan fingerprint density at radius 1 is 1.59 bits per heavy atom. The normalized spacial score (nSPS) is 11.9. The van der Waals surface area contributed by atoms with E-state index in [-0.39, 0.29) is 18.6 Å². The van der Waals surface area contributed by atoms with Gasteiger partial charge in [-0.15, -0.1) is 5.10 Å². The summed E-state index contributed by atoms with van der Waals surface area (Å²) in [4.78, 5) is 21.3. The highest BCUT2D eigenvalue weighted by Crippen LogP contribution is 2.06. The van der Waals surface area contributed by atoms with E-state index in [9.17, 15) is 9.59 Å². The molecule has 1 rings (SSSR count). The molecule has 0 saturated heterocycles. The first kappa shape index (κ1) is 12.9. The van der Waals surface area contributed by atoms with Crippen LogP contribution in [0.4, 0.5) is 4.79 Å². The lowest BCUT2D eigenvalue weighted by atomic mass is 10.1. The number of aromatic nitrogens is 3. The van der Waals surface area contributed by atoms with Gasteiger partial charge in [0.1, 0.15) is 0 Å². The Morgan fingerprint density at radius 2 is 2.29 bits per heavy atom. The molecule has 0 fully saturated rings. The van der Waals surface area contributed by atoms with E-state index in [1.165, 1.54) is 18.0 Å². The number of carbonyl (C=O) groups is 2. The third-order valence-electron chi connectivity index (χ3n) is 2.03. The molecule has 1 atom stereocenters. The Kier molecular flexibility index (Phi) is 4.44. The van der Waals surface area contributed by atoms with E-state index < -0.39 is 6.16 Å². The second-order valence-electron chi connectivity index (χ2n) is 3.42. The summed E-state index contributed by atoms with van der Waals surface area (Å²) in [6.45, 7) is 1.48. The largest absolute Gasteiger partial charge is 0.507 e. The highest BCUT2D eigenvalue weighted by atomic mass is 16.7.